The lowest BCUT2D eigenvalue weighted by molar-refractivity contribution is -0.380. The summed E-state index contributed by atoms with van der Waals surface area (Å²) in [5.41, 5.74) is 0. The van der Waals surface area contributed by atoms with Crippen molar-refractivity contribution in [1.82, 2.24) is 10.2 Å². The van der Waals surface area contributed by atoms with Gasteiger partial charge in [-0.2, -0.15) is 0 Å². The van der Waals surface area contributed by atoms with Crippen LogP contribution in [0.2, 0.25) is 0 Å². The first kappa shape index (κ1) is 13.5. The van der Waals surface area contributed by atoms with E-state index in [9.17, 15) is 10.1 Å². The molecule has 1 fully saturated rings. The van der Waals surface area contributed by atoms with Gasteiger partial charge in [0.25, 0.3) is 0 Å². The van der Waals surface area contributed by atoms with Crippen LogP contribution in [-0.2, 0) is 6.54 Å². The topological polar surface area (TPSA) is 58.4 Å². The second-order valence-electron chi connectivity index (χ2n) is 4.93. The fraction of sp³-hybridized carbons (Fsp3) is 0.667. The Kier molecular flexibility index (Phi) is 4.31. The number of piperidine rings is 1. The third kappa shape index (κ3) is 3.28. The minimum Gasteiger partial charge on any atom is -0.309 e. The number of rotatable bonds is 4. The Hall–Kier alpha value is -0.980. The number of thiophene rings is 1. The monoisotopic (exact) mass is 269 g/mol. The molecule has 0 saturated carbocycles. The molecule has 0 radical (unpaired) electrons. The summed E-state index contributed by atoms with van der Waals surface area (Å²) in [5, 5.41) is 14.3. The number of hydrogen-bond acceptors (Lipinski definition) is 5. The Morgan fingerprint density at radius 2 is 2.39 bits per heavy atom. The van der Waals surface area contributed by atoms with Crippen molar-refractivity contribution in [3.8, 4) is 0 Å². The standard InChI is InChI=1S/C12H19N3O2S/c1-9-7-10(5-6-14(9)2)13-8-11-3-4-12(18-11)15(16)17/h3-4,9-10,13H,5-8H2,1-2H3. The smallest absolute Gasteiger partial charge is 0.309 e. The summed E-state index contributed by atoms with van der Waals surface area (Å²) in [6.07, 6.45) is 2.29. The van der Waals surface area contributed by atoms with Crippen molar-refractivity contribution in [1.29, 1.82) is 0 Å². The third-order valence-electron chi connectivity index (χ3n) is 3.60. The van der Waals surface area contributed by atoms with E-state index in [0.29, 0.717) is 12.1 Å². The molecule has 100 valence electrons. The van der Waals surface area contributed by atoms with Crippen molar-refractivity contribution >= 4 is 16.3 Å². The SMILES string of the molecule is CC1CC(NCc2ccc([N+](=O)[O-])s2)CCN1C. The van der Waals surface area contributed by atoms with Gasteiger partial charge in [0.2, 0.25) is 0 Å². The molecule has 5 nitrogen and oxygen atoms in total. The lowest BCUT2D eigenvalue weighted by atomic mass is 9.99. The first-order valence-electron chi connectivity index (χ1n) is 6.23. The molecule has 2 heterocycles. The van der Waals surface area contributed by atoms with Crippen LogP contribution in [0.1, 0.15) is 24.6 Å². The van der Waals surface area contributed by atoms with Crippen LogP contribution in [0.15, 0.2) is 12.1 Å². The minimum absolute atomic E-state index is 0.226. The predicted octanol–water partition coefficient (Wildman–Crippen LogP) is 2.23. The van der Waals surface area contributed by atoms with Crippen molar-refractivity contribution in [2.24, 2.45) is 0 Å². The maximum absolute atomic E-state index is 10.6. The van der Waals surface area contributed by atoms with Gasteiger partial charge in [-0.1, -0.05) is 11.3 Å². The van der Waals surface area contributed by atoms with E-state index >= 15 is 0 Å². The Bertz CT molecular complexity index is 421. The maximum atomic E-state index is 10.6. The zero-order valence-electron chi connectivity index (χ0n) is 10.8. The Morgan fingerprint density at radius 1 is 1.61 bits per heavy atom. The first-order chi connectivity index (χ1) is 8.56. The number of nitro groups is 1. The largest absolute Gasteiger partial charge is 0.324 e. The summed E-state index contributed by atoms with van der Waals surface area (Å²) in [6, 6.07) is 4.55. The van der Waals surface area contributed by atoms with Gasteiger partial charge in [-0.15, -0.1) is 0 Å². The maximum Gasteiger partial charge on any atom is 0.324 e. The summed E-state index contributed by atoms with van der Waals surface area (Å²) < 4.78 is 0. The number of nitrogens with one attached hydrogen (secondary N) is 1. The van der Waals surface area contributed by atoms with Gasteiger partial charge in [0.1, 0.15) is 0 Å². The minimum atomic E-state index is -0.328. The van der Waals surface area contributed by atoms with Crippen LogP contribution in [0.4, 0.5) is 5.00 Å². The first-order valence-corrected chi connectivity index (χ1v) is 7.04. The Morgan fingerprint density at radius 3 is 3.00 bits per heavy atom. The third-order valence-corrected chi connectivity index (χ3v) is 4.64. The highest BCUT2D eigenvalue weighted by atomic mass is 32.1. The molecule has 1 aromatic heterocycles. The second-order valence-corrected chi connectivity index (χ2v) is 6.08. The van der Waals surface area contributed by atoms with E-state index in [0.717, 1.165) is 30.8 Å². The highest BCUT2D eigenvalue weighted by Gasteiger charge is 2.22. The van der Waals surface area contributed by atoms with Crippen LogP contribution >= 0.6 is 11.3 Å². The van der Waals surface area contributed by atoms with Gasteiger partial charge in [0.15, 0.2) is 0 Å². The van der Waals surface area contributed by atoms with Crippen molar-refractivity contribution in [3.63, 3.8) is 0 Å². The van der Waals surface area contributed by atoms with Crippen LogP contribution in [0.5, 0.6) is 0 Å². The number of nitrogens with zero attached hydrogens (tertiary/aromatic N) is 2. The molecule has 1 saturated heterocycles. The van der Waals surface area contributed by atoms with Gasteiger partial charge in [-0.25, -0.2) is 0 Å². The zero-order chi connectivity index (χ0) is 13.1. The number of hydrogen-bond donors (Lipinski definition) is 1. The van der Waals surface area contributed by atoms with E-state index in [2.05, 4.69) is 24.2 Å². The summed E-state index contributed by atoms with van der Waals surface area (Å²) in [7, 11) is 2.16. The highest BCUT2D eigenvalue weighted by Crippen LogP contribution is 2.24. The van der Waals surface area contributed by atoms with Gasteiger partial charge in [0, 0.05) is 29.6 Å². The summed E-state index contributed by atoms with van der Waals surface area (Å²) in [5.74, 6) is 0. The van der Waals surface area contributed by atoms with E-state index < -0.39 is 0 Å². The zero-order valence-corrected chi connectivity index (χ0v) is 11.6. The molecule has 1 aliphatic heterocycles. The van der Waals surface area contributed by atoms with Crippen molar-refractivity contribution in [3.05, 3.63) is 27.1 Å². The molecule has 0 aromatic carbocycles. The molecule has 1 aliphatic rings. The van der Waals surface area contributed by atoms with Gasteiger partial charge >= 0.3 is 5.00 Å². The molecule has 6 heteroatoms. The molecular formula is C12H19N3O2S. The molecule has 2 rings (SSSR count). The molecular weight excluding hydrogens is 250 g/mol. The molecule has 1 N–H and O–H groups in total. The van der Waals surface area contributed by atoms with E-state index in [4.69, 9.17) is 0 Å². The van der Waals surface area contributed by atoms with E-state index in [1.807, 2.05) is 6.07 Å². The molecule has 0 amide bonds. The average molecular weight is 269 g/mol. The Labute approximate surface area is 111 Å². The second kappa shape index (κ2) is 5.77. The van der Waals surface area contributed by atoms with Crippen molar-refractivity contribution < 1.29 is 4.92 Å². The van der Waals surface area contributed by atoms with Gasteiger partial charge in [-0.3, -0.25) is 10.1 Å². The number of likely N-dealkylation sites (tertiary alicyclic amines) is 1. The van der Waals surface area contributed by atoms with E-state index in [1.165, 1.54) is 11.3 Å². The van der Waals surface area contributed by atoms with Gasteiger partial charge < -0.3 is 10.2 Å². The molecule has 1 aromatic rings. The van der Waals surface area contributed by atoms with Crippen LogP contribution in [0.3, 0.4) is 0 Å². The van der Waals surface area contributed by atoms with Crippen molar-refractivity contribution in [2.45, 2.75) is 38.4 Å². The van der Waals surface area contributed by atoms with Crippen LogP contribution in [0, 0.1) is 10.1 Å². The van der Waals surface area contributed by atoms with Crippen LogP contribution < -0.4 is 5.32 Å². The lowest BCUT2D eigenvalue weighted by Crippen LogP contribution is -2.45. The molecule has 0 spiro atoms. The molecule has 0 bridgehead atoms. The normalized spacial score (nSPS) is 25.2. The van der Waals surface area contributed by atoms with Crippen LogP contribution in [0.25, 0.3) is 0 Å². The molecule has 2 unspecified atom stereocenters. The summed E-state index contributed by atoms with van der Waals surface area (Å²) in [4.78, 5) is 13.7. The fourth-order valence-corrected chi connectivity index (χ4v) is 3.05. The molecule has 0 aliphatic carbocycles. The fourth-order valence-electron chi connectivity index (χ4n) is 2.28. The summed E-state index contributed by atoms with van der Waals surface area (Å²) in [6.45, 7) is 4.09. The average Bonchev–Trinajstić information content (AvgIpc) is 2.79. The molecule has 18 heavy (non-hydrogen) atoms. The molecule has 2 atom stereocenters. The quantitative estimate of drug-likeness (QED) is 0.672. The van der Waals surface area contributed by atoms with E-state index in [-0.39, 0.29) is 9.92 Å². The Balaban J connectivity index is 1.82. The summed E-state index contributed by atoms with van der Waals surface area (Å²) >= 11 is 1.26. The van der Waals surface area contributed by atoms with Crippen molar-refractivity contribution in [2.75, 3.05) is 13.6 Å². The lowest BCUT2D eigenvalue weighted by Gasteiger charge is -2.35. The van der Waals surface area contributed by atoms with Gasteiger partial charge in [-0.05, 0) is 39.4 Å². The van der Waals surface area contributed by atoms with Gasteiger partial charge in [0.05, 0.1) is 4.92 Å². The van der Waals surface area contributed by atoms with Crippen LogP contribution in [-0.4, -0.2) is 35.5 Å². The van der Waals surface area contributed by atoms with E-state index in [1.54, 1.807) is 6.07 Å². The highest BCUT2D eigenvalue weighted by molar-refractivity contribution is 7.15. The predicted molar refractivity (Wildman–Crippen MR) is 72.9 cm³/mol.